The van der Waals surface area contributed by atoms with Gasteiger partial charge in [-0.05, 0) is 42.7 Å². The first-order valence-electron chi connectivity index (χ1n) is 10.0. The second-order valence-corrected chi connectivity index (χ2v) is 8.86. The number of likely N-dealkylation sites (tertiary alicyclic amines) is 1. The standard InChI is InChI=1S/C23H20Cl3NO5/c1-31-22-16(25)9-13(10-17(22)26)20(28)18-19(12-4-6-14(24)7-5-12)27(23(30)21(18)29)11-15-3-2-8-32-15/h4-7,9-10,15,19,28H,2-3,8,11H2,1H3/b20-18+. The molecule has 0 aliphatic carbocycles. The number of ether oxygens (including phenoxy) is 2. The van der Waals surface area contributed by atoms with Gasteiger partial charge < -0.3 is 19.5 Å². The highest BCUT2D eigenvalue weighted by Gasteiger charge is 2.47. The molecule has 2 aromatic rings. The van der Waals surface area contributed by atoms with E-state index in [1.165, 1.54) is 24.1 Å². The van der Waals surface area contributed by atoms with Gasteiger partial charge in [0.1, 0.15) is 5.76 Å². The van der Waals surface area contributed by atoms with Crippen molar-refractivity contribution in [3.8, 4) is 5.75 Å². The van der Waals surface area contributed by atoms with E-state index in [0.717, 1.165) is 12.8 Å². The molecule has 2 fully saturated rings. The number of carbonyl (C=O) groups excluding carboxylic acids is 2. The van der Waals surface area contributed by atoms with Gasteiger partial charge in [-0.3, -0.25) is 9.59 Å². The second-order valence-electron chi connectivity index (χ2n) is 7.61. The number of hydrogen-bond donors (Lipinski definition) is 1. The van der Waals surface area contributed by atoms with Crippen molar-refractivity contribution in [3.05, 3.63) is 68.2 Å². The number of halogens is 3. The molecule has 2 heterocycles. The molecular weight excluding hydrogens is 477 g/mol. The van der Waals surface area contributed by atoms with Crippen LogP contribution in [0.4, 0.5) is 0 Å². The van der Waals surface area contributed by atoms with Gasteiger partial charge in [0.2, 0.25) is 0 Å². The summed E-state index contributed by atoms with van der Waals surface area (Å²) in [5.74, 6) is -1.61. The molecule has 2 unspecified atom stereocenters. The van der Waals surface area contributed by atoms with Crippen LogP contribution in [0.2, 0.25) is 15.1 Å². The third kappa shape index (κ3) is 4.20. The summed E-state index contributed by atoms with van der Waals surface area (Å²) in [5, 5.41) is 12.0. The topological polar surface area (TPSA) is 76.1 Å². The fraction of sp³-hybridized carbons (Fsp3) is 0.304. The Labute approximate surface area is 200 Å². The molecule has 2 aliphatic heterocycles. The number of nitrogens with zero attached hydrogens (tertiary/aromatic N) is 1. The van der Waals surface area contributed by atoms with Gasteiger partial charge >= 0.3 is 0 Å². The summed E-state index contributed by atoms with van der Waals surface area (Å²) in [7, 11) is 1.42. The number of aliphatic hydroxyl groups is 1. The number of rotatable bonds is 5. The monoisotopic (exact) mass is 495 g/mol. The molecule has 2 aliphatic rings. The summed E-state index contributed by atoms with van der Waals surface area (Å²) >= 11 is 18.5. The van der Waals surface area contributed by atoms with Gasteiger partial charge in [-0.2, -0.15) is 0 Å². The molecule has 168 valence electrons. The van der Waals surface area contributed by atoms with Gasteiger partial charge in [0.25, 0.3) is 11.7 Å². The molecule has 0 bridgehead atoms. The minimum atomic E-state index is -0.809. The van der Waals surface area contributed by atoms with E-state index in [1.807, 2.05) is 0 Å². The molecule has 6 nitrogen and oxygen atoms in total. The molecule has 2 atom stereocenters. The summed E-state index contributed by atoms with van der Waals surface area (Å²) in [6.45, 7) is 0.849. The summed E-state index contributed by atoms with van der Waals surface area (Å²) in [6.07, 6.45) is 1.51. The molecule has 4 rings (SSSR count). The summed E-state index contributed by atoms with van der Waals surface area (Å²) in [5.41, 5.74) is 0.793. The van der Waals surface area contributed by atoms with Crippen LogP contribution in [0.1, 0.15) is 30.0 Å². The van der Waals surface area contributed by atoms with Crippen molar-refractivity contribution in [3.63, 3.8) is 0 Å². The Morgan fingerprint density at radius 3 is 2.38 bits per heavy atom. The lowest BCUT2D eigenvalue weighted by Crippen LogP contribution is -2.36. The Balaban J connectivity index is 1.85. The zero-order valence-corrected chi connectivity index (χ0v) is 19.4. The normalized spacial score (nSPS) is 22.6. The minimum absolute atomic E-state index is 0.0485. The average molecular weight is 497 g/mol. The van der Waals surface area contributed by atoms with Crippen LogP contribution < -0.4 is 4.74 Å². The van der Waals surface area contributed by atoms with E-state index in [1.54, 1.807) is 24.3 Å². The van der Waals surface area contributed by atoms with E-state index < -0.39 is 17.7 Å². The number of benzene rings is 2. The number of aliphatic hydroxyl groups excluding tert-OH is 1. The molecule has 9 heteroatoms. The Bertz CT molecular complexity index is 1070. The molecule has 1 amide bonds. The highest BCUT2D eigenvalue weighted by molar-refractivity contribution is 6.46. The van der Waals surface area contributed by atoms with Crippen LogP contribution in [0.15, 0.2) is 42.0 Å². The van der Waals surface area contributed by atoms with Crippen molar-refractivity contribution in [2.24, 2.45) is 0 Å². The van der Waals surface area contributed by atoms with Crippen LogP contribution >= 0.6 is 34.8 Å². The summed E-state index contributed by atoms with van der Waals surface area (Å²) in [4.78, 5) is 27.5. The van der Waals surface area contributed by atoms with Crippen LogP contribution in [-0.4, -0.2) is 48.1 Å². The Hall–Kier alpha value is -2.25. The predicted octanol–water partition coefficient (Wildman–Crippen LogP) is 5.26. The smallest absolute Gasteiger partial charge is 0.295 e. The Morgan fingerprint density at radius 1 is 1.16 bits per heavy atom. The fourth-order valence-corrected chi connectivity index (χ4v) is 4.88. The lowest BCUT2D eigenvalue weighted by Gasteiger charge is -2.27. The van der Waals surface area contributed by atoms with E-state index >= 15 is 0 Å². The van der Waals surface area contributed by atoms with Crippen LogP contribution in [-0.2, 0) is 14.3 Å². The number of amides is 1. The van der Waals surface area contributed by atoms with E-state index in [0.29, 0.717) is 17.2 Å². The minimum Gasteiger partial charge on any atom is -0.507 e. The van der Waals surface area contributed by atoms with Gasteiger partial charge in [-0.25, -0.2) is 0 Å². The maximum atomic E-state index is 13.1. The molecule has 32 heavy (non-hydrogen) atoms. The third-order valence-electron chi connectivity index (χ3n) is 5.63. The first-order chi connectivity index (χ1) is 15.3. The van der Waals surface area contributed by atoms with Crippen molar-refractivity contribution >= 4 is 52.3 Å². The first-order valence-corrected chi connectivity index (χ1v) is 11.1. The van der Waals surface area contributed by atoms with Crippen LogP contribution in [0, 0.1) is 0 Å². The lowest BCUT2D eigenvalue weighted by atomic mass is 9.95. The Morgan fingerprint density at radius 2 is 1.81 bits per heavy atom. The zero-order valence-electron chi connectivity index (χ0n) is 17.1. The number of carbonyl (C=O) groups is 2. The largest absolute Gasteiger partial charge is 0.507 e. The van der Waals surface area contributed by atoms with Gasteiger partial charge in [-0.1, -0.05) is 46.9 Å². The van der Waals surface area contributed by atoms with Crippen LogP contribution in [0.5, 0.6) is 5.75 Å². The maximum Gasteiger partial charge on any atom is 0.295 e. The molecule has 2 aromatic carbocycles. The van der Waals surface area contributed by atoms with Crippen molar-refractivity contribution in [2.75, 3.05) is 20.3 Å². The first kappa shape index (κ1) is 22.9. The number of Topliss-reactive ketones (excluding diaryl/α,β-unsaturated/α-hetero) is 1. The summed E-state index contributed by atoms with van der Waals surface area (Å²) < 4.78 is 10.8. The SMILES string of the molecule is COc1c(Cl)cc(/C(O)=C2\C(=O)C(=O)N(CC3CCCO3)C2c2ccc(Cl)cc2)cc1Cl. The molecule has 0 saturated carbocycles. The Kier molecular flexibility index (Phi) is 6.67. The number of hydrogen-bond acceptors (Lipinski definition) is 5. The number of methoxy groups -OCH3 is 1. The van der Waals surface area contributed by atoms with E-state index in [2.05, 4.69) is 0 Å². The van der Waals surface area contributed by atoms with Gasteiger partial charge in [0.15, 0.2) is 5.75 Å². The molecule has 0 spiro atoms. The number of ketones is 1. The fourth-order valence-electron chi connectivity index (χ4n) is 4.11. The van der Waals surface area contributed by atoms with Crippen molar-refractivity contribution in [1.82, 2.24) is 4.90 Å². The van der Waals surface area contributed by atoms with Crippen LogP contribution in [0.25, 0.3) is 5.76 Å². The third-order valence-corrected chi connectivity index (χ3v) is 6.44. The van der Waals surface area contributed by atoms with E-state index in [-0.39, 0.29) is 45.3 Å². The van der Waals surface area contributed by atoms with Crippen molar-refractivity contribution < 1.29 is 24.2 Å². The van der Waals surface area contributed by atoms with E-state index in [9.17, 15) is 14.7 Å². The molecule has 1 N–H and O–H groups in total. The van der Waals surface area contributed by atoms with Gasteiger partial charge in [0.05, 0.1) is 34.9 Å². The van der Waals surface area contributed by atoms with Gasteiger partial charge in [-0.15, -0.1) is 0 Å². The van der Waals surface area contributed by atoms with Crippen molar-refractivity contribution in [1.29, 1.82) is 0 Å². The predicted molar refractivity (Wildman–Crippen MR) is 122 cm³/mol. The quantitative estimate of drug-likeness (QED) is 0.347. The highest BCUT2D eigenvalue weighted by atomic mass is 35.5. The molecule has 2 saturated heterocycles. The summed E-state index contributed by atoms with van der Waals surface area (Å²) in [6, 6.07) is 8.86. The van der Waals surface area contributed by atoms with Crippen molar-refractivity contribution in [2.45, 2.75) is 25.0 Å². The van der Waals surface area contributed by atoms with Crippen LogP contribution in [0.3, 0.4) is 0 Å². The van der Waals surface area contributed by atoms with E-state index in [4.69, 9.17) is 44.3 Å². The molecule has 0 aromatic heterocycles. The average Bonchev–Trinajstić information content (AvgIpc) is 3.36. The zero-order chi connectivity index (χ0) is 23.0. The highest BCUT2D eigenvalue weighted by Crippen LogP contribution is 2.42. The maximum absolute atomic E-state index is 13.1. The second kappa shape index (κ2) is 9.32. The lowest BCUT2D eigenvalue weighted by molar-refractivity contribution is -0.140. The molecular formula is C23H20Cl3NO5. The van der Waals surface area contributed by atoms with Gasteiger partial charge in [0, 0.05) is 23.7 Å². The molecule has 0 radical (unpaired) electrons.